The minimum Gasteiger partial charge on any atom is -0.481 e. The smallest absolute Gasteiger partial charge is 0.307 e. The minimum absolute atomic E-state index is 0.192. The van der Waals surface area contributed by atoms with Gasteiger partial charge in [-0.05, 0) is 24.1 Å². The van der Waals surface area contributed by atoms with E-state index in [-0.39, 0.29) is 11.8 Å². The van der Waals surface area contributed by atoms with E-state index in [1.54, 1.807) is 11.0 Å². The number of carboxylic acid groups (broad SMARTS) is 1. The van der Waals surface area contributed by atoms with Crippen LogP contribution >= 0.6 is 0 Å². The first-order valence-electron chi connectivity index (χ1n) is 6.59. The van der Waals surface area contributed by atoms with Crippen LogP contribution in [-0.2, 0) is 16.1 Å². The molecule has 0 unspecified atom stereocenters. The van der Waals surface area contributed by atoms with Crippen LogP contribution in [0.2, 0.25) is 0 Å². The van der Waals surface area contributed by atoms with E-state index >= 15 is 0 Å². The molecule has 1 heterocycles. The van der Waals surface area contributed by atoms with E-state index in [4.69, 9.17) is 5.11 Å². The number of carbonyl (C=O) groups excluding carboxylic acids is 1. The van der Waals surface area contributed by atoms with E-state index in [1.165, 1.54) is 6.33 Å². The van der Waals surface area contributed by atoms with Gasteiger partial charge in [0.25, 0.3) is 0 Å². The first-order valence-corrected chi connectivity index (χ1v) is 6.59. The zero-order valence-electron chi connectivity index (χ0n) is 11.1. The molecule has 1 aromatic heterocycles. The van der Waals surface area contributed by atoms with Crippen LogP contribution in [0.15, 0.2) is 36.9 Å². The molecule has 1 fully saturated rings. The number of nitrogens with zero attached hydrogens (tertiary/aromatic N) is 3. The van der Waals surface area contributed by atoms with Gasteiger partial charge in [-0.25, -0.2) is 9.67 Å². The second kappa shape index (κ2) is 5.35. The first kappa shape index (κ1) is 13.3. The zero-order valence-corrected chi connectivity index (χ0v) is 11.1. The lowest BCUT2D eigenvalue weighted by Crippen LogP contribution is -2.25. The number of benzene rings is 1. The maximum Gasteiger partial charge on any atom is 0.307 e. The van der Waals surface area contributed by atoms with Crippen molar-refractivity contribution in [2.45, 2.75) is 13.0 Å². The Labute approximate surface area is 120 Å². The molecule has 2 N–H and O–H groups in total. The second-order valence-electron chi connectivity index (χ2n) is 5.01. The molecule has 0 radical (unpaired) electrons. The number of aromatic nitrogens is 3. The molecule has 0 aliphatic heterocycles. The van der Waals surface area contributed by atoms with Crippen LogP contribution in [0.25, 0.3) is 5.69 Å². The average Bonchev–Trinajstić information content (AvgIpc) is 3.12. The van der Waals surface area contributed by atoms with Gasteiger partial charge >= 0.3 is 5.97 Å². The summed E-state index contributed by atoms with van der Waals surface area (Å²) in [6, 6.07) is 7.54. The Kier molecular flexibility index (Phi) is 3.39. The molecule has 108 valence electrons. The molecule has 21 heavy (non-hydrogen) atoms. The largest absolute Gasteiger partial charge is 0.481 e. The van der Waals surface area contributed by atoms with Gasteiger partial charge in [-0.3, -0.25) is 9.59 Å². The van der Waals surface area contributed by atoms with Crippen LogP contribution in [-0.4, -0.2) is 31.7 Å². The molecule has 7 nitrogen and oxygen atoms in total. The van der Waals surface area contributed by atoms with E-state index in [1.807, 2.05) is 24.3 Å². The third kappa shape index (κ3) is 2.91. The van der Waals surface area contributed by atoms with Gasteiger partial charge in [0.2, 0.25) is 5.91 Å². The molecule has 2 aromatic rings. The maximum absolute atomic E-state index is 11.8. The number of rotatable bonds is 5. The van der Waals surface area contributed by atoms with Crippen molar-refractivity contribution in [3.8, 4) is 5.69 Å². The summed E-state index contributed by atoms with van der Waals surface area (Å²) in [5.74, 6) is -1.98. The van der Waals surface area contributed by atoms with Crippen LogP contribution in [0, 0.1) is 11.8 Å². The van der Waals surface area contributed by atoms with E-state index in [2.05, 4.69) is 15.4 Å². The average molecular weight is 286 g/mol. The van der Waals surface area contributed by atoms with E-state index in [9.17, 15) is 9.59 Å². The van der Waals surface area contributed by atoms with Crippen molar-refractivity contribution in [3.63, 3.8) is 0 Å². The molecule has 1 saturated carbocycles. The number of hydrogen-bond acceptors (Lipinski definition) is 4. The standard InChI is InChI=1S/C14H14N4O3/c19-13(11-5-12(11)14(20)21)16-6-9-1-3-10(4-2-9)18-8-15-7-17-18/h1-4,7-8,11-12H,5-6H2,(H,16,19)(H,20,21)/t11-,12+/m0/s1. The maximum atomic E-state index is 11.8. The topological polar surface area (TPSA) is 97.1 Å². The predicted molar refractivity (Wildman–Crippen MR) is 72.4 cm³/mol. The summed E-state index contributed by atoms with van der Waals surface area (Å²) in [7, 11) is 0. The molecule has 0 saturated heterocycles. The van der Waals surface area contributed by atoms with E-state index < -0.39 is 11.9 Å². The van der Waals surface area contributed by atoms with Crippen molar-refractivity contribution in [1.82, 2.24) is 20.1 Å². The van der Waals surface area contributed by atoms with Gasteiger partial charge < -0.3 is 10.4 Å². The van der Waals surface area contributed by atoms with Crippen molar-refractivity contribution in [1.29, 1.82) is 0 Å². The number of carbonyl (C=O) groups is 2. The lowest BCUT2D eigenvalue weighted by Gasteiger charge is -2.06. The molecule has 2 atom stereocenters. The summed E-state index contributed by atoms with van der Waals surface area (Å²) in [6.45, 7) is 0.388. The zero-order chi connectivity index (χ0) is 14.8. The number of hydrogen-bond donors (Lipinski definition) is 2. The number of aliphatic carboxylic acids is 1. The Morgan fingerprint density at radius 1 is 1.29 bits per heavy atom. The Bertz CT molecular complexity index is 651. The summed E-state index contributed by atoms with van der Waals surface area (Å²) in [4.78, 5) is 26.3. The highest BCUT2D eigenvalue weighted by atomic mass is 16.4. The Morgan fingerprint density at radius 2 is 2.05 bits per heavy atom. The summed E-state index contributed by atoms with van der Waals surface area (Å²) in [5, 5.41) is 15.6. The van der Waals surface area contributed by atoms with Gasteiger partial charge in [0.05, 0.1) is 17.5 Å². The van der Waals surface area contributed by atoms with E-state index in [0.717, 1.165) is 11.3 Å². The fraction of sp³-hybridized carbons (Fsp3) is 0.286. The molecule has 1 aromatic carbocycles. The highest BCUT2D eigenvalue weighted by Crippen LogP contribution is 2.38. The minimum atomic E-state index is -0.896. The quantitative estimate of drug-likeness (QED) is 0.839. The highest BCUT2D eigenvalue weighted by Gasteiger charge is 2.48. The highest BCUT2D eigenvalue weighted by molar-refractivity contribution is 5.89. The van der Waals surface area contributed by atoms with Crippen molar-refractivity contribution < 1.29 is 14.7 Å². The van der Waals surface area contributed by atoms with Gasteiger partial charge in [-0.1, -0.05) is 12.1 Å². The van der Waals surface area contributed by atoms with E-state index in [0.29, 0.717) is 13.0 Å². The van der Waals surface area contributed by atoms with Crippen LogP contribution < -0.4 is 5.32 Å². The lowest BCUT2D eigenvalue weighted by atomic mass is 10.2. The molecule has 3 rings (SSSR count). The fourth-order valence-electron chi connectivity index (χ4n) is 2.19. The molecule has 1 amide bonds. The van der Waals surface area contributed by atoms with Gasteiger partial charge in [-0.15, -0.1) is 0 Å². The van der Waals surface area contributed by atoms with Gasteiger partial charge in [0.1, 0.15) is 12.7 Å². The lowest BCUT2D eigenvalue weighted by molar-refractivity contribution is -0.140. The van der Waals surface area contributed by atoms with Crippen molar-refractivity contribution in [2.24, 2.45) is 11.8 Å². The van der Waals surface area contributed by atoms with Crippen LogP contribution in [0.1, 0.15) is 12.0 Å². The number of amides is 1. The van der Waals surface area contributed by atoms with Crippen molar-refractivity contribution in [3.05, 3.63) is 42.5 Å². The van der Waals surface area contributed by atoms with Gasteiger partial charge in [-0.2, -0.15) is 5.10 Å². The fourth-order valence-corrected chi connectivity index (χ4v) is 2.19. The van der Waals surface area contributed by atoms with Crippen molar-refractivity contribution >= 4 is 11.9 Å². The van der Waals surface area contributed by atoms with Crippen LogP contribution in [0.3, 0.4) is 0 Å². The summed E-state index contributed by atoms with van der Waals surface area (Å²) in [6.07, 6.45) is 3.50. The number of carboxylic acids is 1. The van der Waals surface area contributed by atoms with Gasteiger partial charge in [0.15, 0.2) is 0 Å². The Hall–Kier alpha value is -2.70. The molecular weight excluding hydrogens is 272 g/mol. The Morgan fingerprint density at radius 3 is 2.62 bits per heavy atom. The predicted octanol–water partition coefficient (Wildman–Crippen LogP) is 0.604. The molecule has 1 aliphatic rings. The molecule has 7 heteroatoms. The molecule has 1 aliphatic carbocycles. The second-order valence-corrected chi connectivity index (χ2v) is 5.01. The van der Waals surface area contributed by atoms with Crippen molar-refractivity contribution in [2.75, 3.05) is 0 Å². The first-order chi connectivity index (χ1) is 10.1. The number of nitrogens with one attached hydrogen (secondary N) is 1. The summed E-state index contributed by atoms with van der Waals surface area (Å²) < 4.78 is 1.64. The summed E-state index contributed by atoms with van der Waals surface area (Å²) >= 11 is 0. The van der Waals surface area contributed by atoms with Crippen LogP contribution in [0.5, 0.6) is 0 Å². The SMILES string of the molecule is O=C(NCc1ccc(-n2cncn2)cc1)[C@H]1C[C@H]1C(=O)O. The Balaban J connectivity index is 1.54. The normalized spacial score (nSPS) is 20.0. The van der Waals surface area contributed by atoms with Gasteiger partial charge in [0, 0.05) is 6.54 Å². The third-order valence-electron chi connectivity index (χ3n) is 3.53. The molecular formula is C14H14N4O3. The molecule has 0 spiro atoms. The molecule has 0 bridgehead atoms. The third-order valence-corrected chi connectivity index (χ3v) is 3.53. The monoisotopic (exact) mass is 286 g/mol. The summed E-state index contributed by atoms with van der Waals surface area (Å²) in [5.41, 5.74) is 1.83. The van der Waals surface area contributed by atoms with Crippen LogP contribution in [0.4, 0.5) is 0 Å².